The average molecular weight is 433 g/mol. The molecule has 1 aliphatic carbocycles. The smallest absolute Gasteiger partial charge is 0.249 e. The molecule has 1 saturated carbocycles. The van der Waals surface area contributed by atoms with Gasteiger partial charge in [-0.2, -0.15) is 0 Å². The predicted molar refractivity (Wildman–Crippen MR) is 120 cm³/mol. The Morgan fingerprint density at radius 1 is 0.844 bits per heavy atom. The minimum absolute atomic E-state index is 0.0322. The molecule has 4 rings (SSSR count). The van der Waals surface area contributed by atoms with E-state index in [1.807, 2.05) is 72.8 Å². The van der Waals surface area contributed by atoms with Crippen LogP contribution >= 0.6 is 0 Å². The van der Waals surface area contributed by atoms with E-state index in [0.717, 1.165) is 24.0 Å². The Morgan fingerprint density at radius 3 is 2.16 bits per heavy atom. The lowest BCUT2D eigenvalue weighted by Gasteiger charge is -2.27. The Labute approximate surface area is 188 Å². The van der Waals surface area contributed by atoms with Crippen molar-refractivity contribution in [3.05, 3.63) is 95.9 Å². The maximum atomic E-state index is 13.3. The first kappa shape index (κ1) is 21.8. The Kier molecular flexibility index (Phi) is 7.35. The summed E-state index contributed by atoms with van der Waals surface area (Å²) in [6, 6.07) is 23.4. The fourth-order valence-corrected chi connectivity index (χ4v) is 3.59. The fraction of sp³-hybridized carbons (Fsp3) is 0.308. The number of hydrogen-bond acceptors (Lipinski definition) is 4. The summed E-state index contributed by atoms with van der Waals surface area (Å²) in [6.07, 6.45) is 3.45. The molecule has 0 bridgehead atoms. The first-order valence-electron chi connectivity index (χ1n) is 10.9. The topological polar surface area (TPSA) is 63.0 Å². The van der Waals surface area contributed by atoms with Crippen molar-refractivity contribution in [2.24, 2.45) is 0 Å². The van der Waals surface area contributed by atoms with E-state index in [-0.39, 0.29) is 31.0 Å². The van der Waals surface area contributed by atoms with Crippen LogP contribution in [0.4, 0.5) is 0 Å². The van der Waals surface area contributed by atoms with Crippen LogP contribution in [0.3, 0.4) is 0 Å². The molecule has 32 heavy (non-hydrogen) atoms. The number of amides is 2. The van der Waals surface area contributed by atoms with Gasteiger partial charge in [0.25, 0.3) is 0 Å². The molecule has 166 valence electrons. The highest BCUT2D eigenvalue weighted by Gasteiger charge is 2.34. The number of ether oxygens (including phenoxy) is 1. The molecule has 6 nitrogen and oxygen atoms in total. The third-order valence-corrected chi connectivity index (χ3v) is 5.45. The maximum absolute atomic E-state index is 13.3. The second-order valence-electron chi connectivity index (χ2n) is 8.05. The molecule has 0 aliphatic heterocycles. The molecule has 1 aromatic heterocycles. The monoisotopic (exact) mass is 432 g/mol. The highest BCUT2D eigenvalue weighted by atomic mass is 16.5. The molecular formula is C26H28N2O4. The molecule has 0 saturated heterocycles. The Morgan fingerprint density at radius 2 is 1.53 bits per heavy atom. The zero-order valence-corrected chi connectivity index (χ0v) is 18.1. The summed E-state index contributed by atoms with van der Waals surface area (Å²) >= 11 is 0. The summed E-state index contributed by atoms with van der Waals surface area (Å²) < 4.78 is 11.1. The molecule has 1 fully saturated rings. The van der Waals surface area contributed by atoms with Crippen LogP contribution in [0.5, 0.6) is 0 Å². The molecule has 0 N–H and O–H groups in total. The first-order chi connectivity index (χ1) is 15.7. The number of carbonyl (C=O) groups excluding carboxylic acids is 2. The van der Waals surface area contributed by atoms with Crippen molar-refractivity contribution in [3.8, 4) is 0 Å². The molecule has 0 atom stereocenters. The van der Waals surface area contributed by atoms with E-state index in [0.29, 0.717) is 25.5 Å². The van der Waals surface area contributed by atoms with Crippen molar-refractivity contribution in [3.63, 3.8) is 0 Å². The van der Waals surface area contributed by atoms with E-state index in [4.69, 9.17) is 9.15 Å². The van der Waals surface area contributed by atoms with Crippen LogP contribution in [-0.2, 0) is 34.0 Å². The quantitative estimate of drug-likeness (QED) is 0.459. The van der Waals surface area contributed by atoms with E-state index in [1.165, 1.54) is 0 Å². The van der Waals surface area contributed by atoms with Crippen LogP contribution in [0.2, 0.25) is 0 Å². The van der Waals surface area contributed by atoms with Gasteiger partial charge in [0.05, 0.1) is 19.4 Å². The van der Waals surface area contributed by atoms with Gasteiger partial charge in [-0.05, 0) is 36.1 Å². The zero-order valence-electron chi connectivity index (χ0n) is 18.1. The van der Waals surface area contributed by atoms with Crippen LogP contribution in [0, 0.1) is 0 Å². The zero-order chi connectivity index (χ0) is 22.2. The third-order valence-electron chi connectivity index (χ3n) is 5.45. The van der Waals surface area contributed by atoms with E-state index in [9.17, 15) is 9.59 Å². The molecule has 0 radical (unpaired) electrons. The lowest BCUT2D eigenvalue weighted by atomic mass is 10.2. The molecule has 3 aromatic rings. The summed E-state index contributed by atoms with van der Waals surface area (Å²) in [6.45, 7) is 1.20. The first-order valence-corrected chi connectivity index (χ1v) is 10.9. The largest absolute Gasteiger partial charge is 0.467 e. The summed E-state index contributed by atoms with van der Waals surface area (Å²) in [5.74, 6) is 0.466. The molecule has 0 unspecified atom stereocenters. The van der Waals surface area contributed by atoms with Crippen molar-refractivity contribution >= 4 is 11.8 Å². The standard InChI is InChI=1S/C26H28N2O4/c29-25(27(17-24-12-7-15-32-24)16-21-8-3-1-4-9-21)18-28(23-13-14-23)26(30)20-31-19-22-10-5-2-6-11-22/h1-12,15,23H,13-14,16-20H2. The Bertz CT molecular complexity index is 985. The highest BCUT2D eigenvalue weighted by molar-refractivity contribution is 5.86. The Hall–Kier alpha value is -3.38. The van der Waals surface area contributed by atoms with Gasteiger partial charge in [-0.25, -0.2) is 0 Å². The second kappa shape index (κ2) is 10.8. The van der Waals surface area contributed by atoms with E-state index in [1.54, 1.807) is 16.1 Å². The number of carbonyl (C=O) groups is 2. The predicted octanol–water partition coefficient (Wildman–Crippen LogP) is 4.02. The summed E-state index contributed by atoms with van der Waals surface area (Å²) in [5, 5.41) is 0. The SMILES string of the molecule is O=C(CN(C(=O)COCc1ccccc1)C1CC1)N(Cc1ccccc1)Cc1ccco1. The lowest BCUT2D eigenvalue weighted by Crippen LogP contribution is -2.44. The van der Waals surface area contributed by atoms with Crippen LogP contribution in [0.25, 0.3) is 0 Å². The van der Waals surface area contributed by atoms with Gasteiger partial charge in [-0.3, -0.25) is 9.59 Å². The minimum atomic E-state index is -0.144. The van der Waals surface area contributed by atoms with Gasteiger partial charge < -0.3 is 19.0 Å². The summed E-state index contributed by atoms with van der Waals surface area (Å²) in [7, 11) is 0. The normalized spacial score (nSPS) is 13.0. The molecular weight excluding hydrogens is 404 g/mol. The van der Waals surface area contributed by atoms with Crippen LogP contribution < -0.4 is 0 Å². The van der Waals surface area contributed by atoms with Crippen LogP contribution in [0.1, 0.15) is 29.7 Å². The molecule has 2 aromatic carbocycles. The third kappa shape index (κ3) is 6.31. The van der Waals surface area contributed by atoms with Crippen LogP contribution in [0.15, 0.2) is 83.5 Å². The van der Waals surface area contributed by atoms with E-state index in [2.05, 4.69) is 0 Å². The molecule has 2 amide bonds. The second-order valence-corrected chi connectivity index (χ2v) is 8.05. The van der Waals surface area contributed by atoms with Crippen LogP contribution in [-0.4, -0.2) is 40.8 Å². The molecule has 1 aliphatic rings. The van der Waals surface area contributed by atoms with Gasteiger partial charge in [0.1, 0.15) is 18.9 Å². The number of hydrogen-bond donors (Lipinski definition) is 0. The molecule has 0 spiro atoms. The molecule has 1 heterocycles. The van der Waals surface area contributed by atoms with Gasteiger partial charge in [-0.15, -0.1) is 0 Å². The summed E-state index contributed by atoms with van der Waals surface area (Å²) in [4.78, 5) is 29.5. The van der Waals surface area contributed by atoms with Crippen molar-refractivity contribution in [1.29, 1.82) is 0 Å². The van der Waals surface area contributed by atoms with Crippen molar-refractivity contribution in [2.45, 2.75) is 38.6 Å². The summed E-state index contributed by atoms with van der Waals surface area (Å²) in [5.41, 5.74) is 2.05. The number of benzene rings is 2. The number of nitrogens with zero attached hydrogens (tertiary/aromatic N) is 2. The van der Waals surface area contributed by atoms with Gasteiger partial charge in [0, 0.05) is 12.6 Å². The number of rotatable bonds is 11. The Balaban J connectivity index is 1.38. The van der Waals surface area contributed by atoms with Crippen molar-refractivity contribution in [1.82, 2.24) is 9.80 Å². The lowest BCUT2D eigenvalue weighted by molar-refractivity contribution is -0.144. The van der Waals surface area contributed by atoms with Crippen molar-refractivity contribution in [2.75, 3.05) is 13.2 Å². The van der Waals surface area contributed by atoms with Gasteiger partial charge in [-0.1, -0.05) is 60.7 Å². The van der Waals surface area contributed by atoms with Gasteiger partial charge in [0.2, 0.25) is 11.8 Å². The van der Waals surface area contributed by atoms with Crippen molar-refractivity contribution < 1.29 is 18.7 Å². The highest BCUT2D eigenvalue weighted by Crippen LogP contribution is 2.27. The van der Waals surface area contributed by atoms with E-state index < -0.39 is 0 Å². The number of furan rings is 1. The maximum Gasteiger partial charge on any atom is 0.249 e. The molecule has 6 heteroatoms. The van der Waals surface area contributed by atoms with Gasteiger partial charge in [0.15, 0.2) is 0 Å². The van der Waals surface area contributed by atoms with E-state index >= 15 is 0 Å². The minimum Gasteiger partial charge on any atom is -0.467 e. The average Bonchev–Trinajstić information content (AvgIpc) is 3.53. The fourth-order valence-electron chi connectivity index (χ4n) is 3.59. The van der Waals surface area contributed by atoms with Gasteiger partial charge >= 0.3 is 0 Å².